The molecule has 6 heteroatoms. The first-order chi connectivity index (χ1) is 28.5. The fraction of sp³-hybridized carbons (Fsp3) is 0.846. The highest BCUT2D eigenvalue weighted by Gasteiger charge is 2.24. The maximum absolute atomic E-state index is 13.1. The van der Waals surface area contributed by atoms with E-state index in [1.807, 2.05) is 0 Å². The first-order valence-corrected chi connectivity index (χ1v) is 25.2. The first-order valence-electron chi connectivity index (χ1n) is 25.2. The number of carbonyl (C=O) groups excluding carboxylic acids is 2. The molecule has 3 atom stereocenters. The van der Waals surface area contributed by atoms with E-state index in [2.05, 4.69) is 62.5 Å². The highest BCUT2D eigenvalue weighted by atomic mass is 16.5. The topological polar surface area (TPSA) is 95.9 Å². The number of rotatable bonds is 45. The van der Waals surface area contributed by atoms with Crippen molar-refractivity contribution in [2.75, 3.05) is 6.61 Å². The molecule has 340 valence electrons. The van der Waals surface area contributed by atoms with Crippen molar-refractivity contribution >= 4 is 11.9 Å². The molecule has 0 aliphatic rings. The molecular formula is C52H97NO5. The van der Waals surface area contributed by atoms with Crippen LogP contribution in [0.5, 0.6) is 0 Å². The second-order valence-corrected chi connectivity index (χ2v) is 17.2. The van der Waals surface area contributed by atoms with Gasteiger partial charge in [-0.3, -0.25) is 9.59 Å². The molecule has 0 fully saturated rings. The van der Waals surface area contributed by atoms with E-state index in [-0.39, 0.29) is 24.9 Å². The van der Waals surface area contributed by atoms with Gasteiger partial charge in [-0.1, -0.05) is 224 Å². The molecule has 0 heterocycles. The van der Waals surface area contributed by atoms with Crippen LogP contribution < -0.4 is 5.32 Å². The minimum absolute atomic E-state index is 0.0749. The number of hydrogen-bond acceptors (Lipinski definition) is 5. The van der Waals surface area contributed by atoms with Gasteiger partial charge in [0.2, 0.25) is 5.91 Å². The predicted octanol–water partition coefficient (Wildman–Crippen LogP) is 14.9. The molecule has 3 unspecified atom stereocenters. The molecule has 0 saturated carbocycles. The first kappa shape index (κ1) is 56.1. The van der Waals surface area contributed by atoms with Crippen LogP contribution in [0, 0.1) is 0 Å². The minimum atomic E-state index is -0.786. The third-order valence-corrected chi connectivity index (χ3v) is 11.5. The Morgan fingerprint density at radius 2 is 0.931 bits per heavy atom. The van der Waals surface area contributed by atoms with Crippen LogP contribution >= 0.6 is 0 Å². The molecule has 0 aromatic rings. The standard InChI is InChI=1S/C52H97NO5/c1-4-7-10-13-16-19-21-23-25-27-29-31-33-36-39-42-45-52(57)58-48(43-40-37-34-18-15-12-9-6-3)46-51(56)53-49(47-54)50(55)44-41-38-35-32-30-28-26-24-22-20-17-14-11-8-5-2/h7,10,16,19,23,25,48-50,54-55H,4-6,8-9,11-15,17-18,20-22,24,26-47H2,1-3H3,(H,53,56)/b10-7+,19-16+,25-23+. The van der Waals surface area contributed by atoms with Gasteiger partial charge in [0, 0.05) is 6.42 Å². The fourth-order valence-electron chi connectivity index (χ4n) is 7.68. The quantitative estimate of drug-likeness (QED) is 0.0323. The van der Waals surface area contributed by atoms with E-state index < -0.39 is 18.2 Å². The maximum Gasteiger partial charge on any atom is 0.306 e. The Morgan fingerprint density at radius 3 is 1.41 bits per heavy atom. The largest absolute Gasteiger partial charge is 0.462 e. The van der Waals surface area contributed by atoms with Gasteiger partial charge in [0.1, 0.15) is 6.10 Å². The number of amides is 1. The molecule has 3 N–H and O–H groups in total. The van der Waals surface area contributed by atoms with Crippen molar-refractivity contribution in [1.29, 1.82) is 0 Å². The Balaban J connectivity index is 4.42. The zero-order chi connectivity index (χ0) is 42.4. The van der Waals surface area contributed by atoms with Crippen LogP contribution in [-0.2, 0) is 14.3 Å². The lowest BCUT2D eigenvalue weighted by atomic mass is 10.0. The van der Waals surface area contributed by atoms with Crippen LogP contribution in [0.3, 0.4) is 0 Å². The zero-order valence-corrected chi connectivity index (χ0v) is 38.7. The smallest absolute Gasteiger partial charge is 0.306 e. The number of aliphatic hydroxyl groups excluding tert-OH is 2. The molecule has 0 aliphatic carbocycles. The molecular weight excluding hydrogens is 719 g/mol. The highest BCUT2D eigenvalue weighted by Crippen LogP contribution is 2.18. The van der Waals surface area contributed by atoms with Gasteiger partial charge in [-0.05, 0) is 57.8 Å². The highest BCUT2D eigenvalue weighted by molar-refractivity contribution is 5.77. The number of carbonyl (C=O) groups is 2. The molecule has 0 aromatic carbocycles. The minimum Gasteiger partial charge on any atom is -0.462 e. The van der Waals surface area contributed by atoms with E-state index >= 15 is 0 Å². The number of nitrogens with one attached hydrogen (secondary N) is 1. The third kappa shape index (κ3) is 40.8. The zero-order valence-electron chi connectivity index (χ0n) is 38.7. The average molecular weight is 816 g/mol. The summed E-state index contributed by atoms with van der Waals surface area (Å²) in [5, 5.41) is 23.7. The van der Waals surface area contributed by atoms with Crippen LogP contribution in [0.2, 0.25) is 0 Å². The molecule has 0 aromatic heterocycles. The summed E-state index contributed by atoms with van der Waals surface area (Å²) in [4.78, 5) is 26.0. The third-order valence-electron chi connectivity index (χ3n) is 11.5. The summed E-state index contributed by atoms with van der Waals surface area (Å²) < 4.78 is 5.90. The van der Waals surface area contributed by atoms with Crippen molar-refractivity contribution in [2.45, 2.75) is 277 Å². The second-order valence-electron chi connectivity index (χ2n) is 17.2. The Labute approximate surface area is 360 Å². The van der Waals surface area contributed by atoms with E-state index in [0.29, 0.717) is 19.3 Å². The number of hydrogen-bond donors (Lipinski definition) is 3. The number of unbranched alkanes of at least 4 members (excludes halogenated alkanes) is 27. The van der Waals surface area contributed by atoms with Crippen LogP contribution in [0.25, 0.3) is 0 Å². The van der Waals surface area contributed by atoms with Gasteiger partial charge in [-0.15, -0.1) is 0 Å². The number of aliphatic hydroxyl groups is 2. The van der Waals surface area contributed by atoms with Gasteiger partial charge in [0.15, 0.2) is 0 Å². The Bertz CT molecular complexity index is 961. The van der Waals surface area contributed by atoms with Crippen LogP contribution in [-0.4, -0.2) is 46.9 Å². The maximum atomic E-state index is 13.1. The number of esters is 1. The fourth-order valence-corrected chi connectivity index (χ4v) is 7.68. The number of allylic oxidation sites excluding steroid dienone is 6. The molecule has 0 rings (SSSR count). The van der Waals surface area contributed by atoms with Crippen molar-refractivity contribution < 1.29 is 24.5 Å². The molecule has 58 heavy (non-hydrogen) atoms. The van der Waals surface area contributed by atoms with Gasteiger partial charge in [-0.25, -0.2) is 0 Å². The van der Waals surface area contributed by atoms with E-state index in [1.54, 1.807) is 0 Å². The molecule has 0 spiro atoms. The Hall–Kier alpha value is -1.92. The van der Waals surface area contributed by atoms with E-state index in [9.17, 15) is 19.8 Å². The summed E-state index contributed by atoms with van der Waals surface area (Å²) in [6.07, 6.45) is 53.5. The van der Waals surface area contributed by atoms with Gasteiger partial charge in [0.05, 0.1) is 25.2 Å². The lowest BCUT2D eigenvalue weighted by Gasteiger charge is -2.24. The Kier molecular flexibility index (Phi) is 44.6. The van der Waals surface area contributed by atoms with Gasteiger partial charge < -0.3 is 20.3 Å². The summed E-state index contributed by atoms with van der Waals surface area (Å²) in [6.45, 7) is 6.36. The van der Waals surface area contributed by atoms with Crippen LogP contribution in [0.15, 0.2) is 36.5 Å². The SMILES string of the molecule is CC/C=C/C/C=C/C/C=C/CCCCCCCCC(=O)OC(CCCCCCCCCC)CC(=O)NC(CO)C(O)CCCCCCCCCCCCCCCCC. The molecule has 1 amide bonds. The summed E-state index contributed by atoms with van der Waals surface area (Å²) in [6, 6.07) is -0.699. The Morgan fingerprint density at radius 1 is 0.517 bits per heavy atom. The molecule has 0 bridgehead atoms. The summed E-state index contributed by atoms with van der Waals surface area (Å²) in [5.41, 5.74) is 0. The van der Waals surface area contributed by atoms with Crippen molar-refractivity contribution in [3.8, 4) is 0 Å². The van der Waals surface area contributed by atoms with Crippen molar-refractivity contribution in [3.05, 3.63) is 36.5 Å². The van der Waals surface area contributed by atoms with Gasteiger partial charge in [-0.2, -0.15) is 0 Å². The van der Waals surface area contributed by atoms with Gasteiger partial charge in [0.25, 0.3) is 0 Å². The van der Waals surface area contributed by atoms with Crippen molar-refractivity contribution in [3.63, 3.8) is 0 Å². The summed E-state index contributed by atoms with van der Waals surface area (Å²) in [5.74, 6) is -0.483. The molecule has 0 saturated heterocycles. The molecule has 6 nitrogen and oxygen atoms in total. The predicted molar refractivity (Wildman–Crippen MR) is 250 cm³/mol. The van der Waals surface area contributed by atoms with E-state index in [1.165, 1.54) is 141 Å². The van der Waals surface area contributed by atoms with Crippen molar-refractivity contribution in [1.82, 2.24) is 5.32 Å². The van der Waals surface area contributed by atoms with Crippen LogP contribution in [0.1, 0.15) is 258 Å². The van der Waals surface area contributed by atoms with Gasteiger partial charge >= 0.3 is 5.97 Å². The lowest BCUT2D eigenvalue weighted by Crippen LogP contribution is -2.46. The number of ether oxygens (including phenoxy) is 1. The molecule has 0 aliphatic heterocycles. The average Bonchev–Trinajstić information content (AvgIpc) is 3.22. The normalized spacial score (nSPS) is 13.5. The van der Waals surface area contributed by atoms with E-state index in [4.69, 9.17) is 4.74 Å². The summed E-state index contributed by atoms with van der Waals surface area (Å²) >= 11 is 0. The lowest BCUT2D eigenvalue weighted by molar-refractivity contribution is -0.151. The molecule has 0 radical (unpaired) electrons. The second kappa shape index (κ2) is 46.2. The van der Waals surface area contributed by atoms with E-state index in [0.717, 1.165) is 70.6 Å². The van der Waals surface area contributed by atoms with Crippen LogP contribution in [0.4, 0.5) is 0 Å². The monoisotopic (exact) mass is 816 g/mol. The summed E-state index contributed by atoms with van der Waals surface area (Å²) in [7, 11) is 0. The van der Waals surface area contributed by atoms with Crippen molar-refractivity contribution in [2.24, 2.45) is 0 Å².